The fourth-order valence-corrected chi connectivity index (χ4v) is 2.49. The maximum Gasteiger partial charge on any atom is 0.119 e. The van der Waals surface area contributed by atoms with Crippen molar-refractivity contribution in [2.24, 2.45) is 0 Å². The minimum Gasteiger partial charge on any atom is -0.494 e. The molecule has 0 saturated carbocycles. The van der Waals surface area contributed by atoms with Gasteiger partial charge in [-0.15, -0.1) is 0 Å². The molecule has 2 aromatic rings. The highest BCUT2D eigenvalue weighted by Crippen LogP contribution is 2.17. The first-order valence-electron chi connectivity index (χ1n) is 8.35. The van der Waals surface area contributed by atoms with Gasteiger partial charge in [-0.25, -0.2) is 0 Å². The predicted octanol–water partition coefficient (Wildman–Crippen LogP) is 4.70. The van der Waals surface area contributed by atoms with Crippen LogP contribution in [0.3, 0.4) is 0 Å². The standard InChI is InChI=1S/C20H24N2O/c1-2-3-4-5-15-23-19-10-8-17(9-11-19)16-20-18(12-13-21)7-6-14-22-20/h6-11,14H,2-5,12,15-16H2,1H3. The molecule has 120 valence electrons. The lowest BCUT2D eigenvalue weighted by Gasteiger charge is -2.08. The Morgan fingerprint density at radius 2 is 1.91 bits per heavy atom. The molecule has 0 saturated heterocycles. The van der Waals surface area contributed by atoms with Crippen LogP contribution in [0.5, 0.6) is 5.75 Å². The zero-order valence-corrected chi connectivity index (χ0v) is 13.8. The Morgan fingerprint density at radius 3 is 2.65 bits per heavy atom. The summed E-state index contributed by atoms with van der Waals surface area (Å²) in [7, 11) is 0. The summed E-state index contributed by atoms with van der Waals surface area (Å²) in [6, 6.07) is 14.2. The summed E-state index contributed by atoms with van der Waals surface area (Å²) < 4.78 is 5.76. The normalized spacial score (nSPS) is 10.3. The molecule has 0 aliphatic rings. The predicted molar refractivity (Wildman–Crippen MR) is 92.4 cm³/mol. The second kappa shape index (κ2) is 9.63. The quantitative estimate of drug-likeness (QED) is 0.631. The summed E-state index contributed by atoms with van der Waals surface area (Å²) in [6.07, 6.45) is 7.80. The maximum absolute atomic E-state index is 8.89. The molecule has 0 fully saturated rings. The Hall–Kier alpha value is -2.34. The molecule has 1 aromatic heterocycles. The molecule has 0 N–H and O–H groups in total. The van der Waals surface area contributed by atoms with E-state index in [2.05, 4.69) is 30.1 Å². The van der Waals surface area contributed by atoms with E-state index in [4.69, 9.17) is 10.00 Å². The Balaban J connectivity index is 1.89. The summed E-state index contributed by atoms with van der Waals surface area (Å²) in [6.45, 7) is 3.00. The van der Waals surface area contributed by atoms with Crippen molar-refractivity contribution in [2.75, 3.05) is 6.61 Å². The highest BCUT2D eigenvalue weighted by atomic mass is 16.5. The average Bonchev–Trinajstić information content (AvgIpc) is 2.58. The summed E-state index contributed by atoms with van der Waals surface area (Å²) >= 11 is 0. The molecule has 3 heteroatoms. The van der Waals surface area contributed by atoms with Crippen molar-refractivity contribution in [2.45, 2.75) is 45.4 Å². The van der Waals surface area contributed by atoms with Gasteiger partial charge < -0.3 is 4.74 Å². The number of hydrogen-bond donors (Lipinski definition) is 0. The maximum atomic E-state index is 8.89. The Bertz CT molecular complexity index is 629. The fourth-order valence-electron chi connectivity index (χ4n) is 2.49. The second-order valence-electron chi connectivity index (χ2n) is 5.67. The SMILES string of the molecule is CCCCCCOc1ccc(Cc2ncccc2CC#N)cc1. The summed E-state index contributed by atoms with van der Waals surface area (Å²) in [5.41, 5.74) is 3.16. The van der Waals surface area contributed by atoms with Crippen molar-refractivity contribution < 1.29 is 4.74 Å². The number of unbranched alkanes of at least 4 members (excludes halogenated alkanes) is 3. The van der Waals surface area contributed by atoms with Crippen LogP contribution in [0.25, 0.3) is 0 Å². The van der Waals surface area contributed by atoms with E-state index in [1.54, 1.807) is 6.20 Å². The van der Waals surface area contributed by atoms with Crippen molar-refractivity contribution in [3.05, 3.63) is 59.4 Å². The summed E-state index contributed by atoms with van der Waals surface area (Å²) in [5, 5.41) is 8.89. The third-order valence-electron chi connectivity index (χ3n) is 3.82. The lowest BCUT2D eigenvalue weighted by molar-refractivity contribution is 0.305. The number of hydrogen-bond acceptors (Lipinski definition) is 3. The molecule has 0 unspecified atom stereocenters. The molecule has 0 atom stereocenters. The number of aromatic nitrogens is 1. The van der Waals surface area contributed by atoms with Crippen LogP contribution in [0.15, 0.2) is 42.6 Å². The Labute approximate surface area is 138 Å². The molecule has 0 amide bonds. The van der Waals surface area contributed by atoms with Gasteiger partial charge >= 0.3 is 0 Å². The van der Waals surface area contributed by atoms with Gasteiger partial charge in [0.1, 0.15) is 5.75 Å². The third-order valence-corrected chi connectivity index (χ3v) is 3.82. The van der Waals surface area contributed by atoms with Crippen molar-refractivity contribution in [3.63, 3.8) is 0 Å². The van der Waals surface area contributed by atoms with E-state index in [0.717, 1.165) is 36.5 Å². The third kappa shape index (κ3) is 5.75. The molecule has 3 nitrogen and oxygen atoms in total. The number of ether oxygens (including phenoxy) is 1. The molecule has 0 bridgehead atoms. The van der Waals surface area contributed by atoms with Crippen LogP contribution < -0.4 is 4.74 Å². The van der Waals surface area contributed by atoms with Crippen molar-refractivity contribution in [1.29, 1.82) is 5.26 Å². The number of nitrogens with zero attached hydrogens (tertiary/aromatic N) is 2. The Kier molecular flexibility index (Phi) is 7.13. The van der Waals surface area contributed by atoms with Gasteiger partial charge in [-0.3, -0.25) is 4.98 Å². The van der Waals surface area contributed by atoms with Crippen LogP contribution >= 0.6 is 0 Å². The zero-order valence-electron chi connectivity index (χ0n) is 13.8. The van der Waals surface area contributed by atoms with Gasteiger partial charge in [0.05, 0.1) is 19.1 Å². The molecule has 1 heterocycles. The molecule has 0 aliphatic carbocycles. The van der Waals surface area contributed by atoms with Gasteiger partial charge in [0, 0.05) is 18.3 Å². The minimum atomic E-state index is 0.405. The molecular formula is C20H24N2O. The number of pyridine rings is 1. The largest absolute Gasteiger partial charge is 0.494 e. The molecule has 1 aromatic carbocycles. The lowest BCUT2D eigenvalue weighted by Crippen LogP contribution is -1.99. The average molecular weight is 308 g/mol. The van der Waals surface area contributed by atoms with E-state index in [9.17, 15) is 0 Å². The first kappa shape index (κ1) is 17.0. The molecule has 0 radical (unpaired) electrons. The molecular weight excluding hydrogens is 284 g/mol. The number of rotatable bonds is 9. The number of benzene rings is 1. The Morgan fingerprint density at radius 1 is 1.09 bits per heavy atom. The zero-order chi connectivity index (χ0) is 16.3. The molecule has 0 spiro atoms. The van der Waals surface area contributed by atoms with E-state index >= 15 is 0 Å². The monoisotopic (exact) mass is 308 g/mol. The first-order chi connectivity index (χ1) is 11.3. The lowest BCUT2D eigenvalue weighted by atomic mass is 10.0. The van der Waals surface area contributed by atoms with Gasteiger partial charge in [0.25, 0.3) is 0 Å². The molecule has 23 heavy (non-hydrogen) atoms. The molecule has 2 rings (SSSR count). The fraction of sp³-hybridized carbons (Fsp3) is 0.400. The van der Waals surface area contributed by atoms with Crippen LogP contribution in [-0.4, -0.2) is 11.6 Å². The topological polar surface area (TPSA) is 45.9 Å². The smallest absolute Gasteiger partial charge is 0.119 e. The van der Waals surface area contributed by atoms with Gasteiger partial charge in [-0.2, -0.15) is 5.26 Å². The van der Waals surface area contributed by atoms with Crippen LogP contribution in [-0.2, 0) is 12.8 Å². The van der Waals surface area contributed by atoms with Crippen molar-refractivity contribution in [3.8, 4) is 11.8 Å². The first-order valence-corrected chi connectivity index (χ1v) is 8.35. The van der Waals surface area contributed by atoms with Gasteiger partial charge in [0.2, 0.25) is 0 Å². The highest BCUT2D eigenvalue weighted by Gasteiger charge is 2.05. The van der Waals surface area contributed by atoms with Gasteiger partial charge in [-0.05, 0) is 35.7 Å². The van der Waals surface area contributed by atoms with E-state index in [1.807, 2.05) is 24.3 Å². The minimum absolute atomic E-state index is 0.405. The van der Waals surface area contributed by atoms with Gasteiger partial charge in [0.15, 0.2) is 0 Å². The van der Waals surface area contributed by atoms with Crippen LogP contribution in [0.1, 0.15) is 49.4 Å². The molecule has 0 aliphatic heterocycles. The number of nitriles is 1. The van der Waals surface area contributed by atoms with Crippen LogP contribution in [0, 0.1) is 11.3 Å². The van der Waals surface area contributed by atoms with E-state index in [1.165, 1.54) is 24.8 Å². The van der Waals surface area contributed by atoms with E-state index < -0.39 is 0 Å². The van der Waals surface area contributed by atoms with Crippen LogP contribution in [0.4, 0.5) is 0 Å². The highest BCUT2D eigenvalue weighted by molar-refractivity contribution is 5.32. The summed E-state index contributed by atoms with van der Waals surface area (Å²) in [5.74, 6) is 0.920. The van der Waals surface area contributed by atoms with E-state index in [-0.39, 0.29) is 0 Å². The summed E-state index contributed by atoms with van der Waals surface area (Å²) in [4.78, 5) is 4.41. The van der Waals surface area contributed by atoms with Crippen LogP contribution in [0.2, 0.25) is 0 Å². The van der Waals surface area contributed by atoms with Crippen molar-refractivity contribution in [1.82, 2.24) is 4.98 Å². The van der Waals surface area contributed by atoms with Crippen molar-refractivity contribution >= 4 is 0 Å². The second-order valence-corrected chi connectivity index (χ2v) is 5.67. The van der Waals surface area contributed by atoms with E-state index in [0.29, 0.717) is 6.42 Å². The van der Waals surface area contributed by atoms with Gasteiger partial charge in [-0.1, -0.05) is 44.4 Å².